The van der Waals surface area contributed by atoms with Gasteiger partial charge in [0.2, 0.25) is 0 Å². The molecule has 7 heteroatoms. The van der Waals surface area contributed by atoms with Crippen molar-refractivity contribution in [3.63, 3.8) is 0 Å². The van der Waals surface area contributed by atoms with Crippen molar-refractivity contribution in [1.82, 2.24) is 15.0 Å². The summed E-state index contributed by atoms with van der Waals surface area (Å²) in [4.78, 5) is 0. The van der Waals surface area contributed by atoms with Gasteiger partial charge in [-0.05, 0) is 31.5 Å². The molecule has 0 atom stereocenters. The van der Waals surface area contributed by atoms with Gasteiger partial charge in [0.05, 0.1) is 31.3 Å². The topological polar surface area (TPSA) is 66.2 Å². The standard InChI is InChI=1S/C19H22N3O3P/c1-3-24-26(23,25-4-2)15-16-10-12-18(13-11-16)22-14-19(20-21-22)17-8-6-5-7-9-17/h5-14H,3-4,15H2,1-2H3. The molecular weight excluding hydrogens is 349 g/mol. The van der Waals surface area contributed by atoms with E-state index in [4.69, 9.17) is 9.05 Å². The van der Waals surface area contributed by atoms with Gasteiger partial charge in [0, 0.05) is 5.56 Å². The first-order valence-electron chi connectivity index (χ1n) is 8.59. The highest BCUT2D eigenvalue weighted by Crippen LogP contribution is 2.51. The fourth-order valence-corrected chi connectivity index (χ4v) is 4.33. The van der Waals surface area contributed by atoms with Gasteiger partial charge in [-0.25, -0.2) is 4.68 Å². The highest BCUT2D eigenvalue weighted by atomic mass is 31.2. The maximum Gasteiger partial charge on any atom is 0.335 e. The zero-order valence-corrected chi connectivity index (χ0v) is 15.8. The average Bonchev–Trinajstić information content (AvgIpc) is 3.13. The molecule has 0 unspecified atom stereocenters. The molecule has 3 aromatic rings. The van der Waals surface area contributed by atoms with E-state index < -0.39 is 7.60 Å². The minimum absolute atomic E-state index is 0.252. The minimum atomic E-state index is -3.10. The van der Waals surface area contributed by atoms with Crippen LogP contribution in [-0.2, 0) is 19.8 Å². The smallest absolute Gasteiger partial charge is 0.309 e. The fraction of sp³-hybridized carbons (Fsp3) is 0.263. The Hall–Kier alpha value is -2.27. The Morgan fingerprint density at radius 3 is 2.23 bits per heavy atom. The van der Waals surface area contributed by atoms with Crippen molar-refractivity contribution in [2.75, 3.05) is 13.2 Å². The van der Waals surface area contributed by atoms with Gasteiger partial charge < -0.3 is 9.05 Å². The van der Waals surface area contributed by atoms with Crippen LogP contribution in [-0.4, -0.2) is 28.2 Å². The van der Waals surface area contributed by atoms with E-state index in [2.05, 4.69) is 10.3 Å². The molecule has 0 spiro atoms. The average molecular weight is 371 g/mol. The fourth-order valence-electron chi connectivity index (χ4n) is 2.63. The zero-order chi connectivity index (χ0) is 18.4. The lowest BCUT2D eigenvalue weighted by Crippen LogP contribution is -2.00. The molecule has 136 valence electrons. The molecule has 0 N–H and O–H groups in total. The first-order valence-corrected chi connectivity index (χ1v) is 10.3. The Kier molecular flexibility index (Phi) is 5.99. The third kappa shape index (κ3) is 4.47. The second-order valence-electron chi connectivity index (χ2n) is 5.69. The second kappa shape index (κ2) is 8.41. The highest BCUT2D eigenvalue weighted by Gasteiger charge is 2.23. The summed E-state index contributed by atoms with van der Waals surface area (Å²) >= 11 is 0. The normalized spacial score (nSPS) is 11.6. The SMILES string of the molecule is CCOP(=O)(Cc1ccc(-n2cc(-c3ccccc3)nn2)cc1)OCC. The first-order chi connectivity index (χ1) is 12.6. The lowest BCUT2D eigenvalue weighted by Gasteiger charge is -2.17. The second-order valence-corrected chi connectivity index (χ2v) is 7.74. The number of hydrogen-bond donors (Lipinski definition) is 0. The van der Waals surface area contributed by atoms with Crippen molar-refractivity contribution in [2.24, 2.45) is 0 Å². The van der Waals surface area contributed by atoms with Crippen LogP contribution in [0.3, 0.4) is 0 Å². The molecule has 2 aromatic carbocycles. The maximum atomic E-state index is 12.6. The molecule has 0 radical (unpaired) electrons. The summed E-state index contributed by atoms with van der Waals surface area (Å²) < 4.78 is 25.0. The predicted octanol–water partition coefficient (Wildman–Crippen LogP) is 4.70. The van der Waals surface area contributed by atoms with Crippen LogP contribution in [0, 0.1) is 0 Å². The molecule has 0 saturated heterocycles. The molecule has 6 nitrogen and oxygen atoms in total. The van der Waals surface area contributed by atoms with E-state index in [1.165, 1.54) is 0 Å². The van der Waals surface area contributed by atoms with Crippen LogP contribution in [0.2, 0.25) is 0 Å². The van der Waals surface area contributed by atoms with E-state index in [9.17, 15) is 4.57 Å². The number of hydrogen-bond acceptors (Lipinski definition) is 5. The largest absolute Gasteiger partial charge is 0.335 e. The van der Waals surface area contributed by atoms with Crippen LogP contribution in [0.1, 0.15) is 19.4 Å². The van der Waals surface area contributed by atoms with Gasteiger partial charge in [-0.3, -0.25) is 4.57 Å². The van der Waals surface area contributed by atoms with Gasteiger partial charge >= 0.3 is 7.60 Å². The molecule has 0 aliphatic rings. The molecule has 0 aliphatic carbocycles. The van der Waals surface area contributed by atoms with Crippen LogP contribution < -0.4 is 0 Å². The molecule has 1 aromatic heterocycles. The monoisotopic (exact) mass is 371 g/mol. The van der Waals surface area contributed by atoms with Gasteiger partial charge in [0.15, 0.2) is 0 Å². The summed E-state index contributed by atoms with van der Waals surface area (Å²) in [5.41, 5.74) is 3.60. The van der Waals surface area contributed by atoms with Crippen LogP contribution in [0.25, 0.3) is 16.9 Å². The summed E-state index contributed by atoms with van der Waals surface area (Å²) in [5, 5.41) is 8.41. The molecule has 26 heavy (non-hydrogen) atoms. The lowest BCUT2D eigenvalue weighted by atomic mass is 10.2. The van der Waals surface area contributed by atoms with E-state index in [-0.39, 0.29) is 6.16 Å². The lowest BCUT2D eigenvalue weighted by molar-refractivity contribution is 0.219. The Labute approximate surface area is 153 Å². The van der Waals surface area contributed by atoms with E-state index in [0.717, 1.165) is 22.5 Å². The van der Waals surface area contributed by atoms with Gasteiger partial charge in [-0.1, -0.05) is 47.7 Å². The van der Waals surface area contributed by atoms with Gasteiger partial charge in [0.25, 0.3) is 0 Å². The number of benzene rings is 2. The Morgan fingerprint density at radius 2 is 1.62 bits per heavy atom. The van der Waals surface area contributed by atoms with Crippen molar-refractivity contribution in [3.8, 4) is 16.9 Å². The van der Waals surface area contributed by atoms with Gasteiger partial charge in [0.1, 0.15) is 5.69 Å². The third-order valence-electron chi connectivity index (χ3n) is 3.79. The molecule has 0 aliphatic heterocycles. The summed E-state index contributed by atoms with van der Waals surface area (Å²) in [7, 11) is -3.10. The number of nitrogens with zero attached hydrogens (tertiary/aromatic N) is 3. The Bertz CT molecular complexity index is 869. The first kappa shape index (κ1) is 18.5. The van der Waals surface area contributed by atoms with Crippen LogP contribution in [0.5, 0.6) is 0 Å². The third-order valence-corrected chi connectivity index (χ3v) is 5.85. The molecular formula is C19H22N3O3P. The Morgan fingerprint density at radius 1 is 0.962 bits per heavy atom. The van der Waals surface area contributed by atoms with Crippen molar-refractivity contribution < 1.29 is 13.6 Å². The summed E-state index contributed by atoms with van der Waals surface area (Å²) in [6.07, 6.45) is 2.14. The quantitative estimate of drug-likeness (QED) is 0.537. The van der Waals surface area contributed by atoms with Crippen LogP contribution >= 0.6 is 7.60 Å². The summed E-state index contributed by atoms with van der Waals surface area (Å²) in [6.45, 7) is 4.33. The van der Waals surface area contributed by atoms with E-state index >= 15 is 0 Å². The molecule has 3 rings (SSSR count). The molecule has 0 bridgehead atoms. The van der Waals surface area contributed by atoms with Crippen molar-refractivity contribution in [3.05, 3.63) is 66.4 Å². The zero-order valence-electron chi connectivity index (χ0n) is 14.9. The molecule has 1 heterocycles. The minimum Gasteiger partial charge on any atom is -0.309 e. The number of rotatable bonds is 8. The maximum absolute atomic E-state index is 12.6. The van der Waals surface area contributed by atoms with E-state index in [1.54, 1.807) is 4.68 Å². The van der Waals surface area contributed by atoms with E-state index in [1.807, 2.05) is 74.6 Å². The van der Waals surface area contributed by atoms with Crippen LogP contribution in [0.4, 0.5) is 0 Å². The van der Waals surface area contributed by atoms with Gasteiger partial charge in [-0.15, -0.1) is 5.10 Å². The predicted molar refractivity (Wildman–Crippen MR) is 101 cm³/mol. The Balaban J connectivity index is 1.76. The highest BCUT2D eigenvalue weighted by molar-refractivity contribution is 7.53. The van der Waals surface area contributed by atoms with E-state index in [0.29, 0.717) is 13.2 Å². The van der Waals surface area contributed by atoms with Crippen molar-refractivity contribution >= 4 is 7.60 Å². The molecule has 0 amide bonds. The number of aromatic nitrogens is 3. The molecule has 0 fully saturated rings. The van der Waals surface area contributed by atoms with Gasteiger partial charge in [-0.2, -0.15) is 0 Å². The van der Waals surface area contributed by atoms with Crippen molar-refractivity contribution in [1.29, 1.82) is 0 Å². The summed E-state index contributed by atoms with van der Waals surface area (Å²) in [6, 6.07) is 17.6. The van der Waals surface area contributed by atoms with Crippen LogP contribution in [0.15, 0.2) is 60.8 Å². The summed E-state index contributed by atoms with van der Waals surface area (Å²) in [5.74, 6) is 0. The van der Waals surface area contributed by atoms with Crippen molar-refractivity contribution in [2.45, 2.75) is 20.0 Å². The molecule has 0 saturated carbocycles.